The van der Waals surface area contributed by atoms with Crippen LogP contribution in [0.25, 0.3) is 11.0 Å². The molecule has 1 unspecified atom stereocenters. The standard InChI is InChI=1S/C23H28N4O4S/c1-16-9-10-18(32(29,30)24-11-13-31-2)14-19(16)23(28)27-12-5-6-17(15-27)22-25-20-7-3-4-8-21(20)26-22/h3-4,7-10,14,17,24H,5-6,11-13,15H2,1-2H3,(H,25,26). The summed E-state index contributed by atoms with van der Waals surface area (Å²) in [6, 6.07) is 12.6. The highest BCUT2D eigenvalue weighted by Crippen LogP contribution is 2.28. The van der Waals surface area contributed by atoms with Crippen molar-refractivity contribution in [1.29, 1.82) is 0 Å². The maximum absolute atomic E-state index is 13.4. The second kappa shape index (κ2) is 9.40. The third-order valence-corrected chi connectivity index (χ3v) is 7.31. The van der Waals surface area contributed by atoms with Crippen LogP contribution in [0.3, 0.4) is 0 Å². The van der Waals surface area contributed by atoms with Crippen LogP contribution in [0.5, 0.6) is 0 Å². The van der Waals surface area contributed by atoms with Gasteiger partial charge in [-0.1, -0.05) is 18.2 Å². The van der Waals surface area contributed by atoms with E-state index in [0.29, 0.717) is 18.7 Å². The van der Waals surface area contributed by atoms with Crippen LogP contribution in [-0.4, -0.2) is 62.5 Å². The first kappa shape index (κ1) is 22.4. The van der Waals surface area contributed by atoms with Crippen LogP contribution in [-0.2, 0) is 14.8 Å². The molecule has 0 saturated carbocycles. The molecule has 1 aromatic heterocycles. The number of ether oxygens (including phenoxy) is 1. The number of aryl methyl sites for hydroxylation is 1. The third-order valence-electron chi connectivity index (χ3n) is 5.85. The maximum atomic E-state index is 13.4. The molecule has 0 radical (unpaired) electrons. The molecule has 4 rings (SSSR count). The fourth-order valence-electron chi connectivity index (χ4n) is 4.08. The molecule has 8 nitrogen and oxygen atoms in total. The van der Waals surface area contributed by atoms with E-state index in [9.17, 15) is 13.2 Å². The summed E-state index contributed by atoms with van der Waals surface area (Å²) < 4.78 is 32.6. The van der Waals surface area contributed by atoms with Gasteiger partial charge in [0, 0.05) is 38.2 Å². The molecule has 0 aliphatic carbocycles. The number of hydrogen-bond acceptors (Lipinski definition) is 5. The van der Waals surface area contributed by atoms with Crippen molar-refractivity contribution in [2.45, 2.75) is 30.6 Å². The lowest BCUT2D eigenvalue weighted by atomic mass is 9.96. The van der Waals surface area contributed by atoms with E-state index < -0.39 is 10.0 Å². The molecule has 1 atom stereocenters. The minimum Gasteiger partial charge on any atom is -0.383 e. The molecule has 1 saturated heterocycles. The number of sulfonamides is 1. The van der Waals surface area contributed by atoms with Crippen LogP contribution in [0.2, 0.25) is 0 Å². The summed E-state index contributed by atoms with van der Waals surface area (Å²) >= 11 is 0. The fraction of sp³-hybridized carbons (Fsp3) is 0.391. The normalized spacial score (nSPS) is 17.1. The summed E-state index contributed by atoms with van der Waals surface area (Å²) in [5, 5.41) is 0. The van der Waals surface area contributed by atoms with E-state index >= 15 is 0 Å². The van der Waals surface area contributed by atoms with Crippen molar-refractivity contribution in [3.63, 3.8) is 0 Å². The number of H-pyrrole nitrogens is 1. The van der Waals surface area contributed by atoms with E-state index in [-0.39, 0.29) is 29.9 Å². The third kappa shape index (κ3) is 4.69. The van der Waals surface area contributed by atoms with Crippen molar-refractivity contribution >= 4 is 27.0 Å². The van der Waals surface area contributed by atoms with Crippen LogP contribution >= 0.6 is 0 Å². The number of piperidine rings is 1. The Balaban J connectivity index is 1.54. The van der Waals surface area contributed by atoms with Gasteiger partial charge >= 0.3 is 0 Å². The molecule has 1 amide bonds. The zero-order valence-electron chi connectivity index (χ0n) is 18.3. The van der Waals surface area contributed by atoms with E-state index in [2.05, 4.69) is 9.71 Å². The Morgan fingerprint density at radius 3 is 2.88 bits per heavy atom. The van der Waals surface area contributed by atoms with Crippen molar-refractivity contribution < 1.29 is 17.9 Å². The number of nitrogens with zero attached hydrogens (tertiary/aromatic N) is 2. The Hall–Kier alpha value is -2.75. The van der Waals surface area contributed by atoms with Crippen molar-refractivity contribution in [1.82, 2.24) is 19.6 Å². The average molecular weight is 457 g/mol. The van der Waals surface area contributed by atoms with Gasteiger partial charge in [-0.15, -0.1) is 0 Å². The number of hydrogen-bond donors (Lipinski definition) is 2. The van der Waals surface area contributed by atoms with E-state index in [0.717, 1.165) is 35.3 Å². The van der Waals surface area contributed by atoms with Crippen LogP contribution in [0.4, 0.5) is 0 Å². The molecule has 1 fully saturated rings. The van der Waals surface area contributed by atoms with Crippen molar-refractivity contribution in [3.8, 4) is 0 Å². The Bertz CT molecular complexity index is 1190. The summed E-state index contributed by atoms with van der Waals surface area (Å²) in [4.78, 5) is 23.3. The summed E-state index contributed by atoms with van der Waals surface area (Å²) in [5.41, 5.74) is 3.06. The molecular formula is C23H28N4O4S. The van der Waals surface area contributed by atoms with Gasteiger partial charge in [0.15, 0.2) is 0 Å². The first-order valence-electron chi connectivity index (χ1n) is 10.7. The number of amides is 1. The van der Waals surface area contributed by atoms with Crippen molar-refractivity contribution in [2.75, 3.05) is 33.4 Å². The zero-order chi connectivity index (χ0) is 22.7. The van der Waals surface area contributed by atoms with Crippen LogP contribution in [0.1, 0.15) is 40.5 Å². The number of imidazole rings is 1. The van der Waals surface area contributed by atoms with Gasteiger partial charge in [0.1, 0.15) is 5.82 Å². The Morgan fingerprint density at radius 1 is 1.28 bits per heavy atom. The number of methoxy groups -OCH3 is 1. The summed E-state index contributed by atoms with van der Waals surface area (Å²) in [6.45, 7) is 3.44. The number of aromatic nitrogens is 2. The van der Waals surface area contributed by atoms with E-state index in [1.807, 2.05) is 31.2 Å². The first-order chi connectivity index (χ1) is 15.4. The molecular weight excluding hydrogens is 428 g/mol. The van der Waals surface area contributed by atoms with Gasteiger partial charge in [0.25, 0.3) is 5.91 Å². The molecule has 3 aromatic rings. The largest absolute Gasteiger partial charge is 0.383 e. The van der Waals surface area contributed by atoms with Crippen molar-refractivity contribution in [3.05, 3.63) is 59.4 Å². The summed E-state index contributed by atoms with van der Waals surface area (Å²) in [6.07, 6.45) is 1.81. The summed E-state index contributed by atoms with van der Waals surface area (Å²) in [5.74, 6) is 0.847. The molecule has 1 aliphatic rings. The minimum atomic E-state index is -3.72. The van der Waals surface area contributed by atoms with Crippen LogP contribution in [0, 0.1) is 6.92 Å². The van der Waals surface area contributed by atoms with Gasteiger partial charge < -0.3 is 14.6 Å². The quantitative estimate of drug-likeness (QED) is 0.532. The number of para-hydroxylation sites is 2. The second-order valence-corrected chi connectivity index (χ2v) is 9.86. The predicted molar refractivity (Wildman–Crippen MR) is 122 cm³/mol. The maximum Gasteiger partial charge on any atom is 0.254 e. The predicted octanol–water partition coefficient (Wildman–Crippen LogP) is 2.82. The zero-order valence-corrected chi connectivity index (χ0v) is 19.1. The molecule has 2 aromatic carbocycles. The molecule has 2 N–H and O–H groups in total. The number of fused-ring (bicyclic) bond motifs is 1. The highest BCUT2D eigenvalue weighted by molar-refractivity contribution is 7.89. The molecule has 0 bridgehead atoms. The van der Waals surface area contributed by atoms with Gasteiger partial charge in [0.05, 0.1) is 22.5 Å². The van der Waals surface area contributed by atoms with Crippen LogP contribution < -0.4 is 4.72 Å². The number of carbonyl (C=O) groups excluding carboxylic acids is 1. The Morgan fingerprint density at radius 2 is 2.09 bits per heavy atom. The lowest BCUT2D eigenvalue weighted by Gasteiger charge is -2.32. The summed E-state index contributed by atoms with van der Waals surface area (Å²) in [7, 11) is -2.21. The minimum absolute atomic E-state index is 0.0772. The van der Waals surface area contributed by atoms with Gasteiger partial charge in [-0.25, -0.2) is 18.1 Å². The molecule has 2 heterocycles. The second-order valence-electron chi connectivity index (χ2n) is 8.10. The van der Waals surface area contributed by atoms with Crippen LogP contribution in [0.15, 0.2) is 47.4 Å². The topological polar surface area (TPSA) is 104 Å². The number of benzene rings is 2. The Kier molecular flexibility index (Phi) is 6.59. The molecule has 1 aliphatic heterocycles. The van der Waals surface area contributed by atoms with Gasteiger partial charge in [-0.2, -0.15) is 0 Å². The van der Waals surface area contributed by atoms with Crippen molar-refractivity contribution in [2.24, 2.45) is 0 Å². The van der Waals surface area contributed by atoms with Gasteiger partial charge in [-0.3, -0.25) is 4.79 Å². The van der Waals surface area contributed by atoms with E-state index in [1.54, 1.807) is 11.0 Å². The average Bonchev–Trinajstić information content (AvgIpc) is 3.23. The lowest BCUT2D eigenvalue weighted by molar-refractivity contribution is 0.0704. The smallest absolute Gasteiger partial charge is 0.254 e. The number of likely N-dealkylation sites (tertiary alicyclic amines) is 1. The molecule has 9 heteroatoms. The molecule has 170 valence electrons. The lowest BCUT2D eigenvalue weighted by Crippen LogP contribution is -2.39. The number of carbonyl (C=O) groups is 1. The number of rotatable bonds is 7. The SMILES string of the molecule is COCCNS(=O)(=O)c1ccc(C)c(C(=O)N2CCCC(c3nc4ccccc4[nH]3)C2)c1. The van der Waals surface area contributed by atoms with E-state index in [1.165, 1.54) is 19.2 Å². The number of aromatic amines is 1. The Labute approximate surface area is 188 Å². The first-order valence-corrected chi connectivity index (χ1v) is 12.2. The molecule has 0 spiro atoms. The highest BCUT2D eigenvalue weighted by atomic mass is 32.2. The fourth-order valence-corrected chi connectivity index (χ4v) is 5.12. The molecule has 32 heavy (non-hydrogen) atoms. The van der Waals surface area contributed by atoms with Gasteiger partial charge in [0.2, 0.25) is 10.0 Å². The monoisotopic (exact) mass is 456 g/mol. The van der Waals surface area contributed by atoms with E-state index in [4.69, 9.17) is 9.72 Å². The highest BCUT2D eigenvalue weighted by Gasteiger charge is 2.29. The van der Waals surface area contributed by atoms with Gasteiger partial charge in [-0.05, 0) is 49.6 Å². The number of nitrogens with one attached hydrogen (secondary N) is 2.